The van der Waals surface area contributed by atoms with E-state index in [2.05, 4.69) is 16.4 Å². The number of ether oxygens (including phenoxy) is 1. The van der Waals surface area contributed by atoms with E-state index < -0.39 is 5.97 Å². The lowest BCUT2D eigenvalue weighted by Gasteiger charge is -2.07. The zero-order valence-corrected chi connectivity index (χ0v) is 16.4. The third kappa shape index (κ3) is 4.65. The van der Waals surface area contributed by atoms with Crippen LogP contribution in [0.5, 0.6) is 5.75 Å². The molecule has 0 radical (unpaired) electrons. The van der Waals surface area contributed by atoms with Gasteiger partial charge in [0.2, 0.25) is 0 Å². The van der Waals surface area contributed by atoms with Gasteiger partial charge in [0.25, 0.3) is 0 Å². The molecule has 0 fully saturated rings. The van der Waals surface area contributed by atoms with Crippen LogP contribution in [-0.4, -0.2) is 17.6 Å². The van der Waals surface area contributed by atoms with Crippen LogP contribution in [0.25, 0.3) is 11.3 Å². The van der Waals surface area contributed by atoms with E-state index in [9.17, 15) is 9.90 Å². The Bertz CT molecular complexity index is 949. The quantitative estimate of drug-likeness (QED) is 0.673. The number of nitrogens with one attached hydrogen (secondary N) is 1. The maximum absolute atomic E-state index is 11.2. The van der Waals surface area contributed by atoms with E-state index in [4.69, 9.17) is 4.74 Å². The molecule has 140 valence electrons. The van der Waals surface area contributed by atoms with E-state index in [1.807, 2.05) is 57.2 Å². The molecule has 0 bridgehead atoms. The van der Waals surface area contributed by atoms with E-state index >= 15 is 0 Å². The Balaban J connectivity index is 1.92. The van der Waals surface area contributed by atoms with Crippen molar-refractivity contribution in [3.05, 3.63) is 58.5 Å². The number of carboxylic acid groups (broad SMARTS) is 1. The van der Waals surface area contributed by atoms with Gasteiger partial charge in [-0.25, -0.2) is 4.98 Å². The summed E-state index contributed by atoms with van der Waals surface area (Å²) in [5.74, 6) is -0.312. The Labute approximate surface area is 162 Å². The largest absolute Gasteiger partial charge is 0.550 e. The predicted molar refractivity (Wildman–Crippen MR) is 107 cm³/mol. The van der Waals surface area contributed by atoms with Crippen molar-refractivity contribution in [2.45, 2.75) is 27.2 Å². The summed E-state index contributed by atoms with van der Waals surface area (Å²) in [5.41, 5.74) is 4.70. The van der Waals surface area contributed by atoms with Crippen LogP contribution >= 0.6 is 11.3 Å². The minimum absolute atomic E-state index is 0.161. The Morgan fingerprint density at radius 2 is 1.93 bits per heavy atom. The number of benzene rings is 2. The fraction of sp³-hybridized carbons (Fsp3) is 0.238. The summed E-state index contributed by atoms with van der Waals surface area (Å²) in [6, 6.07) is 13.6. The summed E-state index contributed by atoms with van der Waals surface area (Å²) in [4.78, 5) is 16.5. The summed E-state index contributed by atoms with van der Waals surface area (Å²) < 4.78 is 5.45. The number of carboxylic acids is 1. The van der Waals surface area contributed by atoms with Gasteiger partial charge in [-0.15, -0.1) is 11.3 Å². The zero-order chi connectivity index (χ0) is 19.4. The number of hydrogen-bond acceptors (Lipinski definition) is 6. The summed E-state index contributed by atoms with van der Waals surface area (Å²) in [6.45, 7) is 6.59. The lowest BCUT2D eigenvalue weighted by molar-refractivity contribution is -0.304. The molecule has 3 rings (SSSR count). The first-order valence-corrected chi connectivity index (χ1v) is 9.55. The molecule has 3 aromatic rings. The molecule has 0 unspecified atom stereocenters. The number of aromatic nitrogens is 1. The first-order valence-electron chi connectivity index (χ1n) is 8.73. The molecule has 0 aliphatic carbocycles. The predicted octanol–water partition coefficient (Wildman–Crippen LogP) is 3.86. The molecule has 0 aliphatic rings. The zero-order valence-electron chi connectivity index (χ0n) is 15.5. The van der Waals surface area contributed by atoms with Gasteiger partial charge >= 0.3 is 0 Å². The minimum Gasteiger partial charge on any atom is -0.550 e. The first-order chi connectivity index (χ1) is 13.0. The minimum atomic E-state index is -1.11. The standard InChI is InChI=1S/C21H22N2O3S/c1-4-26-16-8-6-15(7-9-16)22-21-23-20(18(27-21)12-19(24)25)17-10-5-13(2)11-14(17)3/h5-11H,4,12H2,1-3H3,(H,22,23)(H,24,25)/p-1. The molecule has 0 spiro atoms. The van der Waals surface area contributed by atoms with Crippen LogP contribution in [0.3, 0.4) is 0 Å². The topological polar surface area (TPSA) is 74.3 Å². The molecule has 0 atom stereocenters. The molecular weight excluding hydrogens is 360 g/mol. The van der Waals surface area contributed by atoms with Gasteiger partial charge in [-0.1, -0.05) is 23.8 Å². The number of aliphatic carboxylic acids is 1. The molecule has 1 N–H and O–H groups in total. The van der Waals surface area contributed by atoms with Gasteiger partial charge in [0.05, 0.1) is 12.3 Å². The average molecular weight is 381 g/mol. The molecule has 0 saturated heterocycles. The van der Waals surface area contributed by atoms with Crippen LogP contribution in [0, 0.1) is 13.8 Å². The maximum Gasteiger partial charge on any atom is 0.187 e. The highest BCUT2D eigenvalue weighted by molar-refractivity contribution is 7.16. The molecule has 0 aliphatic heterocycles. The monoisotopic (exact) mass is 381 g/mol. The summed E-state index contributed by atoms with van der Waals surface area (Å²) in [5, 5.41) is 15.1. The number of thiazole rings is 1. The second-order valence-corrected chi connectivity index (χ2v) is 7.32. The van der Waals surface area contributed by atoms with E-state index in [1.54, 1.807) is 0 Å². The Hall–Kier alpha value is -2.86. The van der Waals surface area contributed by atoms with Gasteiger partial charge in [-0.2, -0.15) is 0 Å². The second kappa shape index (κ2) is 8.22. The number of nitrogens with zero attached hydrogens (tertiary/aromatic N) is 1. The molecule has 5 nitrogen and oxygen atoms in total. The fourth-order valence-corrected chi connectivity index (χ4v) is 3.85. The van der Waals surface area contributed by atoms with Gasteiger partial charge in [-0.05, 0) is 50.6 Å². The second-order valence-electron chi connectivity index (χ2n) is 6.24. The van der Waals surface area contributed by atoms with E-state index in [0.717, 1.165) is 28.1 Å². The third-order valence-electron chi connectivity index (χ3n) is 4.06. The summed E-state index contributed by atoms with van der Waals surface area (Å²) in [6.07, 6.45) is -0.161. The number of rotatable bonds is 7. The van der Waals surface area contributed by atoms with Crippen LogP contribution in [0.4, 0.5) is 10.8 Å². The van der Waals surface area contributed by atoms with Gasteiger partial charge in [0.1, 0.15) is 5.75 Å². The van der Waals surface area contributed by atoms with Crippen LogP contribution in [0.1, 0.15) is 22.9 Å². The van der Waals surface area contributed by atoms with Crippen LogP contribution in [0.2, 0.25) is 0 Å². The van der Waals surface area contributed by atoms with E-state index in [0.29, 0.717) is 22.3 Å². The Kier molecular flexibility index (Phi) is 5.76. The lowest BCUT2D eigenvalue weighted by Crippen LogP contribution is -2.24. The van der Waals surface area contributed by atoms with E-state index in [-0.39, 0.29) is 6.42 Å². The number of carbonyl (C=O) groups is 1. The molecule has 6 heteroatoms. The highest BCUT2D eigenvalue weighted by atomic mass is 32.1. The Morgan fingerprint density at radius 1 is 1.19 bits per heavy atom. The average Bonchev–Trinajstić information content (AvgIpc) is 2.98. The van der Waals surface area contributed by atoms with Crippen molar-refractivity contribution in [2.75, 3.05) is 11.9 Å². The summed E-state index contributed by atoms with van der Waals surface area (Å²) >= 11 is 1.33. The van der Waals surface area contributed by atoms with Gasteiger partial charge < -0.3 is 20.0 Å². The van der Waals surface area contributed by atoms with Crippen molar-refractivity contribution in [3.63, 3.8) is 0 Å². The van der Waals surface area contributed by atoms with Gasteiger partial charge in [0.15, 0.2) is 5.13 Å². The van der Waals surface area contributed by atoms with E-state index in [1.165, 1.54) is 11.3 Å². The SMILES string of the molecule is CCOc1ccc(Nc2nc(-c3ccc(C)cc3C)c(CC(=O)[O-])s2)cc1. The molecule has 27 heavy (non-hydrogen) atoms. The van der Waals surface area contributed by atoms with Gasteiger partial charge in [-0.3, -0.25) is 0 Å². The first kappa shape index (κ1) is 18.9. The Morgan fingerprint density at radius 3 is 2.56 bits per heavy atom. The normalized spacial score (nSPS) is 10.6. The van der Waals surface area contributed by atoms with Gasteiger partial charge in [0, 0.05) is 28.5 Å². The molecule has 0 saturated carbocycles. The van der Waals surface area contributed by atoms with Crippen molar-refractivity contribution in [1.29, 1.82) is 0 Å². The number of aryl methyl sites for hydroxylation is 2. The van der Waals surface area contributed by atoms with Crippen LogP contribution in [-0.2, 0) is 11.2 Å². The van der Waals surface area contributed by atoms with Crippen molar-refractivity contribution >= 4 is 28.1 Å². The van der Waals surface area contributed by atoms with Crippen LogP contribution < -0.4 is 15.2 Å². The molecule has 2 aromatic carbocycles. The lowest BCUT2D eigenvalue weighted by atomic mass is 10.0. The molecule has 1 heterocycles. The van der Waals surface area contributed by atoms with Crippen molar-refractivity contribution in [3.8, 4) is 17.0 Å². The number of carbonyl (C=O) groups excluding carboxylic acids is 1. The van der Waals surface area contributed by atoms with Crippen molar-refractivity contribution in [1.82, 2.24) is 4.98 Å². The molecular formula is C21H21N2O3S-. The fourth-order valence-electron chi connectivity index (χ4n) is 2.87. The van der Waals surface area contributed by atoms with Crippen molar-refractivity contribution in [2.24, 2.45) is 0 Å². The smallest absolute Gasteiger partial charge is 0.187 e. The highest BCUT2D eigenvalue weighted by Crippen LogP contribution is 2.35. The summed E-state index contributed by atoms with van der Waals surface area (Å²) in [7, 11) is 0. The number of anilines is 2. The van der Waals surface area contributed by atoms with Crippen molar-refractivity contribution < 1.29 is 14.6 Å². The number of hydrogen-bond donors (Lipinski definition) is 1. The van der Waals surface area contributed by atoms with Crippen LogP contribution in [0.15, 0.2) is 42.5 Å². The molecule has 0 amide bonds. The highest BCUT2D eigenvalue weighted by Gasteiger charge is 2.15. The third-order valence-corrected chi connectivity index (χ3v) is 5.03. The maximum atomic E-state index is 11.2. The molecule has 1 aromatic heterocycles.